The number of nitrogens with zero attached hydrogens (tertiary/aromatic N) is 2. The highest BCUT2D eigenvalue weighted by Gasteiger charge is 2.27. The van der Waals surface area contributed by atoms with Gasteiger partial charge in [-0.2, -0.15) is 5.10 Å². The number of hydrogen-bond acceptors (Lipinski definition) is 4. The molecule has 0 atom stereocenters. The van der Waals surface area contributed by atoms with Crippen LogP contribution in [-0.4, -0.2) is 27.1 Å². The molecule has 0 bridgehead atoms. The van der Waals surface area contributed by atoms with Crippen molar-refractivity contribution in [3.8, 4) is 0 Å². The van der Waals surface area contributed by atoms with E-state index in [9.17, 15) is 13.2 Å². The minimum absolute atomic E-state index is 0.0974. The number of halogens is 2. The Hall–Kier alpha value is -2.24. The minimum Gasteiger partial charge on any atom is -0.271 e. The van der Waals surface area contributed by atoms with Crippen LogP contribution in [0.4, 0.5) is 5.69 Å². The van der Waals surface area contributed by atoms with Crippen molar-refractivity contribution in [2.75, 3.05) is 10.8 Å². The first-order valence-electron chi connectivity index (χ1n) is 8.77. The van der Waals surface area contributed by atoms with Gasteiger partial charge in [-0.15, -0.1) is 0 Å². The largest absolute Gasteiger partial charge is 0.271 e. The summed E-state index contributed by atoms with van der Waals surface area (Å²) in [6.45, 7) is -0.419. The van der Waals surface area contributed by atoms with E-state index in [1.165, 1.54) is 18.3 Å². The van der Waals surface area contributed by atoms with Crippen molar-refractivity contribution in [3.63, 3.8) is 0 Å². The summed E-state index contributed by atoms with van der Waals surface area (Å²) < 4.78 is 29.2. The van der Waals surface area contributed by atoms with Gasteiger partial charge in [0, 0.05) is 8.04 Å². The minimum atomic E-state index is -3.95. The highest BCUT2D eigenvalue weighted by atomic mass is 127. The number of benzene rings is 3. The number of hydrazone groups is 1. The Morgan fingerprint density at radius 3 is 2.40 bits per heavy atom. The average Bonchev–Trinajstić information content (AvgIpc) is 2.74. The quantitative estimate of drug-likeness (QED) is 0.249. The molecule has 1 amide bonds. The van der Waals surface area contributed by atoms with E-state index in [-0.39, 0.29) is 4.90 Å². The molecule has 3 rings (SSSR count). The van der Waals surface area contributed by atoms with Crippen molar-refractivity contribution in [2.45, 2.75) is 4.90 Å². The van der Waals surface area contributed by atoms with E-state index in [0.29, 0.717) is 10.2 Å². The Balaban J connectivity index is 1.82. The predicted molar refractivity (Wildman–Crippen MR) is 130 cm³/mol. The second-order valence-corrected chi connectivity index (χ2v) is 10.2. The maximum absolute atomic E-state index is 13.2. The number of hydrogen-bond donors (Lipinski definition) is 1. The molecule has 0 heterocycles. The molecule has 0 unspecified atom stereocenters. The third kappa shape index (κ3) is 5.89. The fraction of sp³-hybridized carbons (Fsp3) is 0.0476. The van der Waals surface area contributed by atoms with Crippen molar-refractivity contribution in [1.29, 1.82) is 0 Å². The van der Waals surface area contributed by atoms with E-state index in [1.807, 2.05) is 24.3 Å². The lowest BCUT2D eigenvalue weighted by Gasteiger charge is -2.23. The third-order valence-corrected chi connectivity index (χ3v) is 6.99. The molecule has 0 fully saturated rings. The fourth-order valence-electron chi connectivity index (χ4n) is 2.56. The van der Waals surface area contributed by atoms with Crippen LogP contribution in [0.1, 0.15) is 5.56 Å². The highest BCUT2D eigenvalue weighted by Crippen LogP contribution is 2.26. The van der Waals surface area contributed by atoms with Crippen LogP contribution < -0.4 is 9.73 Å². The average molecular weight is 598 g/mol. The number of amides is 1. The number of anilines is 1. The van der Waals surface area contributed by atoms with Gasteiger partial charge in [-0.3, -0.25) is 9.10 Å². The SMILES string of the molecule is O=C(CN(c1cccc(Br)c1)S(=O)(=O)c1ccccc1)N/N=C\c1ccc(I)cc1. The highest BCUT2D eigenvalue weighted by molar-refractivity contribution is 14.1. The van der Waals surface area contributed by atoms with E-state index in [0.717, 1.165) is 13.4 Å². The monoisotopic (exact) mass is 597 g/mol. The first kappa shape index (κ1) is 22.4. The second kappa shape index (κ2) is 10.2. The summed E-state index contributed by atoms with van der Waals surface area (Å²) >= 11 is 5.54. The molecular formula is C21H17BrIN3O3S. The molecule has 0 radical (unpaired) electrons. The summed E-state index contributed by atoms with van der Waals surface area (Å²) in [5, 5.41) is 3.93. The Morgan fingerprint density at radius 1 is 1.03 bits per heavy atom. The van der Waals surface area contributed by atoms with Gasteiger partial charge in [0.2, 0.25) is 0 Å². The zero-order valence-corrected chi connectivity index (χ0v) is 20.1. The maximum Gasteiger partial charge on any atom is 0.264 e. The lowest BCUT2D eigenvalue weighted by molar-refractivity contribution is -0.119. The van der Waals surface area contributed by atoms with Gasteiger partial charge in [-0.25, -0.2) is 13.8 Å². The summed E-state index contributed by atoms with van der Waals surface area (Å²) in [6, 6.07) is 22.3. The van der Waals surface area contributed by atoms with Gasteiger partial charge in [0.15, 0.2) is 0 Å². The van der Waals surface area contributed by atoms with Crippen LogP contribution in [-0.2, 0) is 14.8 Å². The van der Waals surface area contributed by atoms with Gasteiger partial charge < -0.3 is 0 Å². The summed E-state index contributed by atoms with van der Waals surface area (Å²) in [5.74, 6) is -0.559. The molecule has 6 nitrogen and oxygen atoms in total. The van der Waals surface area contributed by atoms with Gasteiger partial charge in [0.05, 0.1) is 16.8 Å². The first-order chi connectivity index (χ1) is 14.4. The lowest BCUT2D eigenvalue weighted by atomic mass is 10.2. The van der Waals surface area contributed by atoms with Gasteiger partial charge in [-0.1, -0.05) is 52.3 Å². The van der Waals surface area contributed by atoms with Gasteiger partial charge >= 0.3 is 0 Å². The molecule has 1 N–H and O–H groups in total. The summed E-state index contributed by atoms with van der Waals surface area (Å²) in [6.07, 6.45) is 1.50. The third-order valence-electron chi connectivity index (χ3n) is 3.99. The Labute approximate surface area is 197 Å². The van der Waals surface area contributed by atoms with Crippen molar-refractivity contribution in [2.24, 2.45) is 5.10 Å². The molecule has 0 aliphatic carbocycles. The van der Waals surface area contributed by atoms with Crippen LogP contribution in [0.2, 0.25) is 0 Å². The van der Waals surface area contributed by atoms with E-state index in [2.05, 4.69) is 49.0 Å². The zero-order valence-electron chi connectivity index (χ0n) is 15.6. The van der Waals surface area contributed by atoms with Crippen LogP contribution in [0.15, 0.2) is 93.3 Å². The Morgan fingerprint density at radius 2 is 1.73 bits per heavy atom. The van der Waals surface area contributed by atoms with Crippen LogP contribution >= 0.6 is 38.5 Å². The summed E-state index contributed by atoms with van der Waals surface area (Å²) in [7, 11) is -3.95. The van der Waals surface area contributed by atoms with Crippen LogP contribution in [0.3, 0.4) is 0 Å². The second-order valence-electron chi connectivity index (χ2n) is 6.15. The van der Waals surface area contributed by atoms with Crippen LogP contribution in [0.5, 0.6) is 0 Å². The summed E-state index contributed by atoms with van der Waals surface area (Å²) in [5.41, 5.74) is 3.58. The molecular weight excluding hydrogens is 581 g/mol. The standard InChI is InChI=1S/C21H17BrIN3O3S/c22-17-5-4-6-19(13-17)26(30(28,29)20-7-2-1-3-8-20)15-21(27)25-24-14-16-9-11-18(23)12-10-16/h1-14H,15H2,(H,25,27)/b24-14-. The van der Waals surface area contributed by atoms with Crippen molar-refractivity contribution >= 4 is 66.4 Å². The molecule has 0 saturated heterocycles. The Kier molecular flexibility index (Phi) is 7.62. The van der Waals surface area contributed by atoms with Crippen molar-refractivity contribution in [3.05, 3.63) is 92.5 Å². The number of carbonyl (C=O) groups excluding carboxylic acids is 1. The molecule has 3 aromatic rings. The van der Waals surface area contributed by atoms with Crippen molar-refractivity contribution in [1.82, 2.24) is 5.43 Å². The van der Waals surface area contributed by atoms with E-state index in [1.54, 1.807) is 42.5 Å². The van der Waals surface area contributed by atoms with Gasteiger partial charge in [0.1, 0.15) is 6.54 Å². The maximum atomic E-state index is 13.2. The molecule has 30 heavy (non-hydrogen) atoms. The topological polar surface area (TPSA) is 78.8 Å². The van der Waals surface area contributed by atoms with E-state index in [4.69, 9.17) is 0 Å². The van der Waals surface area contributed by atoms with Crippen LogP contribution in [0.25, 0.3) is 0 Å². The fourth-order valence-corrected chi connectivity index (χ4v) is 4.74. The molecule has 9 heteroatoms. The van der Waals surface area contributed by atoms with Gasteiger partial charge in [-0.05, 0) is 70.6 Å². The summed E-state index contributed by atoms with van der Waals surface area (Å²) in [4.78, 5) is 12.6. The van der Waals surface area contributed by atoms with Gasteiger partial charge in [0.25, 0.3) is 15.9 Å². The molecule has 0 aromatic heterocycles. The Bertz CT molecular complexity index is 1150. The molecule has 0 aliphatic rings. The smallest absolute Gasteiger partial charge is 0.264 e. The molecule has 3 aromatic carbocycles. The van der Waals surface area contributed by atoms with Crippen molar-refractivity contribution < 1.29 is 13.2 Å². The van der Waals surface area contributed by atoms with E-state index >= 15 is 0 Å². The predicted octanol–water partition coefficient (Wildman–Crippen LogP) is 4.40. The number of rotatable bonds is 7. The molecule has 0 saturated carbocycles. The normalized spacial score (nSPS) is 11.4. The van der Waals surface area contributed by atoms with Crippen LogP contribution in [0, 0.1) is 3.57 Å². The molecule has 154 valence electrons. The zero-order chi connectivity index (χ0) is 21.6. The number of sulfonamides is 1. The number of carbonyl (C=O) groups is 1. The molecule has 0 aliphatic heterocycles. The van der Waals surface area contributed by atoms with E-state index < -0.39 is 22.5 Å². The first-order valence-corrected chi connectivity index (χ1v) is 12.1. The number of nitrogens with one attached hydrogen (secondary N) is 1. The molecule has 0 spiro atoms. The lowest BCUT2D eigenvalue weighted by Crippen LogP contribution is -2.39.